The quantitative estimate of drug-likeness (QED) is 0.421. The van der Waals surface area contributed by atoms with Crippen molar-refractivity contribution in [3.63, 3.8) is 0 Å². The molecule has 7 heteroatoms. The van der Waals surface area contributed by atoms with Gasteiger partial charge in [0.2, 0.25) is 5.91 Å². The Balaban J connectivity index is 1.28. The fraction of sp³-hybridized carbons (Fsp3) is 0.423. The molecule has 3 aromatic rings. The first kappa shape index (κ1) is 22.5. The number of rotatable bonds is 8. The number of thioether (sulfide) groups is 1. The van der Waals surface area contributed by atoms with Crippen molar-refractivity contribution in [2.75, 3.05) is 5.75 Å². The lowest BCUT2D eigenvalue weighted by atomic mass is 9.84. The summed E-state index contributed by atoms with van der Waals surface area (Å²) in [7, 11) is 0. The first-order chi connectivity index (χ1) is 16.1. The smallest absolute Gasteiger partial charge is 0.230 e. The van der Waals surface area contributed by atoms with Crippen molar-refractivity contribution in [1.82, 2.24) is 20.1 Å². The van der Waals surface area contributed by atoms with Crippen molar-refractivity contribution in [2.24, 2.45) is 17.8 Å². The van der Waals surface area contributed by atoms with Gasteiger partial charge in [-0.05, 0) is 73.8 Å². The maximum absolute atomic E-state index is 12.8. The molecule has 0 spiro atoms. The number of carbonyl (C=O) groups is 1. The Kier molecular flexibility index (Phi) is 6.74. The minimum atomic E-state index is 0.0672. The summed E-state index contributed by atoms with van der Waals surface area (Å²) in [6.45, 7) is 2.81. The van der Waals surface area contributed by atoms with Crippen molar-refractivity contribution in [3.8, 4) is 11.4 Å². The maximum Gasteiger partial charge on any atom is 0.230 e. The number of hydrogen-bond acceptors (Lipinski definition) is 4. The molecule has 2 aliphatic rings. The number of halogens is 1. The van der Waals surface area contributed by atoms with Crippen molar-refractivity contribution >= 4 is 29.3 Å². The molecule has 5 rings (SSSR count). The van der Waals surface area contributed by atoms with Crippen molar-refractivity contribution in [1.29, 1.82) is 0 Å². The van der Waals surface area contributed by atoms with E-state index in [9.17, 15) is 4.79 Å². The molecule has 33 heavy (non-hydrogen) atoms. The summed E-state index contributed by atoms with van der Waals surface area (Å²) in [6.07, 6.45) is 5.34. The molecule has 5 nitrogen and oxygen atoms in total. The molecular weight excluding hydrogens is 452 g/mol. The molecular formula is C26H29ClN4OS. The molecule has 4 atom stereocenters. The van der Waals surface area contributed by atoms with E-state index in [-0.39, 0.29) is 11.9 Å². The fourth-order valence-corrected chi connectivity index (χ4v) is 6.43. The van der Waals surface area contributed by atoms with Gasteiger partial charge in [-0.2, -0.15) is 0 Å². The number of amides is 1. The SMILES string of the molecule is C[C@H](NC(=O)CSc1nnc(-c2ccc(Cl)cc2)n1Cc1ccccc1)[C@H]1C[C@@H]2CC[C@@H]1C2. The van der Waals surface area contributed by atoms with Crippen LogP contribution < -0.4 is 5.32 Å². The Morgan fingerprint density at radius 3 is 2.61 bits per heavy atom. The summed E-state index contributed by atoms with van der Waals surface area (Å²) in [5.41, 5.74) is 2.10. The number of fused-ring (bicyclic) bond motifs is 2. The highest BCUT2D eigenvalue weighted by Gasteiger charge is 2.42. The molecule has 2 bridgehead atoms. The van der Waals surface area contributed by atoms with Crippen LogP contribution in [-0.2, 0) is 11.3 Å². The molecule has 1 amide bonds. The van der Waals surface area contributed by atoms with Crippen molar-refractivity contribution in [2.45, 2.75) is 50.4 Å². The molecule has 2 fully saturated rings. The van der Waals surface area contributed by atoms with Crippen LogP contribution in [0.1, 0.15) is 38.2 Å². The topological polar surface area (TPSA) is 59.8 Å². The van der Waals surface area contributed by atoms with Gasteiger partial charge in [0.25, 0.3) is 0 Å². The maximum atomic E-state index is 12.8. The van der Waals surface area contributed by atoms with E-state index >= 15 is 0 Å². The number of benzene rings is 2. The average Bonchev–Trinajstić information content (AvgIpc) is 3.55. The van der Waals surface area contributed by atoms with Crippen LogP contribution in [0.5, 0.6) is 0 Å². The molecule has 0 saturated heterocycles. The number of nitrogens with one attached hydrogen (secondary N) is 1. The summed E-state index contributed by atoms with van der Waals surface area (Å²) >= 11 is 7.52. The van der Waals surface area contributed by atoms with Gasteiger partial charge in [0, 0.05) is 16.6 Å². The summed E-state index contributed by atoms with van der Waals surface area (Å²) in [4.78, 5) is 12.8. The Hall–Kier alpha value is -2.31. The Labute approximate surface area is 204 Å². The highest BCUT2D eigenvalue weighted by Crippen LogP contribution is 2.49. The third-order valence-corrected chi connectivity index (χ3v) is 8.38. The zero-order chi connectivity index (χ0) is 22.8. The van der Waals surface area contributed by atoms with Gasteiger partial charge < -0.3 is 5.32 Å². The van der Waals surface area contributed by atoms with E-state index in [1.165, 1.54) is 37.4 Å². The van der Waals surface area contributed by atoms with Crippen LogP contribution in [-0.4, -0.2) is 32.5 Å². The van der Waals surface area contributed by atoms with Gasteiger partial charge in [-0.1, -0.05) is 60.1 Å². The zero-order valence-corrected chi connectivity index (χ0v) is 20.4. The molecule has 1 N–H and O–H groups in total. The Morgan fingerprint density at radius 2 is 1.91 bits per heavy atom. The molecule has 2 aromatic carbocycles. The molecule has 0 aliphatic heterocycles. The summed E-state index contributed by atoms with van der Waals surface area (Å²) < 4.78 is 2.08. The number of carbonyl (C=O) groups excluding carboxylic acids is 1. The van der Waals surface area contributed by atoms with Crippen LogP contribution in [0.15, 0.2) is 59.8 Å². The lowest BCUT2D eigenvalue weighted by molar-refractivity contribution is -0.119. The molecule has 0 radical (unpaired) electrons. The van der Waals surface area contributed by atoms with Crippen LogP contribution in [0.25, 0.3) is 11.4 Å². The second-order valence-corrected chi connectivity index (χ2v) is 10.7. The van der Waals surface area contributed by atoms with Crippen LogP contribution in [0.3, 0.4) is 0 Å². The standard InChI is InChI=1S/C26H29ClN4OS/c1-17(23-14-19-7-8-21(23)13-19)28-24(32)16-33-26-30-29-25(20-9-11-22(27)12-10-20)31(26)15-18-5-3-2-4-6-18/h2-6,9-12,17,19,21,23H,7-8,13-16H2,1H3,(H,28,32)/t17-,19+,21+,23+/m0/s1. The molecule has 0 unspecified atom stereocenters. The van der Waals surface area contributed by atoms with E-state index in [0.29, 0.717) is 23.2 Å². The monoisotopic (exact) mass is 480 g/mol. The van der Waals surface area contributed by atoms with Crippen molar-refractivity contribution < 1.29 is 4.79 Å². The predicted octanol–water partition coefficient (Wildman–Crippen LogP) is 5.68. The highest BCUT2D eigenvalue weighted by atomic mass is 35.5. The minimum Gasteiger partial charge on any atom is -0.353 e. The van der Waals surface area contributed by atoms with Crippen LogP contribution >= 0.6 is 23.4 Å². The molecule has 1 heterocycles. The third-order valence-electron chi connectivity index (χ3n) is 7.16. The van der Waals surface area contributed by atoms with E-state index in [2.05, 4.69) is 39.1 Å². The molecule has 2 aliphatic carbocycles. The third kappa shape index (κ3) is 5.12. The lowest BCUT2D eigenvalue weighted by Crippen LogP contribution is -2.40. The van der Waals surface area contributed by atoms with Gasteiger partial charge in [-0.3, -0.25) is 9.36 Å². The van der Waals surface area contributed by atoms with Crippen LogP contribution in [0.2, 0.25) is 5.02 Å². The Bertz CT molecular complexity index is 1100. The van der Waals surface area contributed by atoms with E-state index in [4.69, 9.17) is 11.6 Å². The first-order valence-electron chi connectivity index (χ1n) is 11.7. The van der Waals surface area contributed by atoms with Gasteiger partial charge in [-0.15, -0.1) is 10.2 Å². The zero-order valence-electron chi connectivity index (χ0n) is 18.8. The van der Waals surface area contributed by atoms with Gasteiger partial charge in [0.15, 0.2) is 11.0 Å². The van der Waals surface area contributed by atoms with Gasteiger partial charge in [0.05, 0.1) is 12.3 Å². The molecule has 2 saturated carbocycles. The van der Waals surface area contributed by atoms with Gasteiger partial charge in [-0.25, -0.2) is 0 Å². The normalized spacial score (nSPS) is 22.4. The van der Waals surface area contributed by atoms with Crippen molar-refractivity contribution in [3.05, 3.63) is 65.2 Å². The first-order valence-corrected chi connectivity index (χ1v) is 13.1. The fourth-order valence-electron chi connectivity index (χ4n) is 5.56. The summed E-state index contributed by atoms with van der Waals surface area (Å²) in [5, 5.41) is 13.6. The second-order valence-electron chi connectivity index (χ2n) is 9.37. The summed E-state index contributed by atoms with van der Waals surface area (Å²) in [5.74, 6) is 3.49. The Morgan fingerprint density at radius 1 is 1.12 bits per heavy atom. The van der Waals surface area contributed by atoms with E-state index in [1.807, 2.05) is 42.5 Å². The second kappa shape index (κ2) is 9.90. The highest BCUT2D eigenvalue weighted by molar-refractivity contribution is 7.99. The molecule has 172 valence electrons. The van der Waals surface area contributed by atoms with E-state index < -0.39 is 0 Å². The van der Waals surface area contributed by atoms with Crippen LogP contribution in [0, 0.1) is 17.8 Å². The van der Waals surface area contributed by atoms with Gasteiger partial charge >= 0.3 is 0 Å². The van der Waals surface area contributed by atoms with E-state index in [1.54, 1.807) is 0 Å². The average molecular weight is 481 g/mol. The summed E-state index contributed by atoms with van der Waals surface area (Å²) in [6, 6.07) is 18.1. The van der Waals surface area contributed by atoms with E-state index in [0.717, 1.165) is 33.9 Å². The van der Waals surface area contributed by atoms with Crippen LogP contribution in [0.4, 0.5) is 0 Å². The predicted molar refractivity (Wildman–Crippen MR) is 133 cm³/mol. The van der Waals surface area contributed by atoms with Gasteiger partial charge in [0.1, 0.15) is 0 Å². The number of aromatic nitrogens is 3. The minimum absolute atomic E-state index is 0.0672. The largest absolute Gasteiger partial charge is 0.353 e. The molecule has 1 aromatic heterocycles. The number of hydrogen-bond donors (Lipinski definition) is 1. The lowest BCUT2D eigenvalue weighted by Gasteiger charge is -2.28. The number of nitrogens with zero attached hydrogens (tertiary/aromatic N) is 3.